The summed E-state index contributed by atoms with van der Waals surface area (Å²) in [7, 11) is 0. The number of likely N-dealkylation sites (N-methyl/N-ethyl adjacent to an activating group) is 1. The lowest BCUT2D eigenvalue weighted by Crippen LogP contribution is -2.48. The van der Waals surface area contributed by atoms with Gasteiger partial charge in [-0.3, -0.25) is 9.59 Å². The lowest BCUT2D eigenvalue weighted by Gasteiger charge is -2.28. The normalized spacial score (nSPS) is 11.7. The SMILES string of the molecule is CCNC(=O)[C@@H](C)N(Cc1cccc(C)c1)C(=O)CSCc1cccc(Cl)c1. The van der Waals surface area contributed by atoms with E-state index in [1.54, 1.807) is 11.8 Å². The van der Waals surface area contributed by atoms with Crippen molar-refractivity contribution in [1.29, 1.82) is 0 Å². The second-order valence-corrected chi connectivity index (χ2v) is 8.13. The average Bonchev–Trinajstić information content (AvgIpc) is 2.66. The van der Waals surface area contributed by atoms with Crippen molar-refractivity contribution in [3.8, 4) is 0 Å². The lowest BCUT2D eigenvalue weighted by atomic mass is 10.1. The third kappa shape index (κ3) is 6.88. The van der Waals surface area contributed by atoms with Crippen LogP contribution in [-0.2, 0) is 21.9 Å². The number of rotatable bonds is 9. The molecule has 0 fully saturated rings. The predicted octanol–water partition coefficient (Wildman–Crippen LogP) is 4.44. The minimum absolute atomic E-state index is 0.0488. The summed E-state index contributed by atoms with van der Waals surface area (Å²) in [6.45, 7) is 6.62. The Labute approximate surface area is 176 Å². The number of hydrogen-bond acceptors (Lipinski definition) is 3. The molecule has 0 radical (unpaired) electrons. The zero-order valence-electron chi connectivity index (χ0n) is 16.6. The summed E-state index contributed by atoms with van der Waals surface area (Å²) in [5.74, 6) is 0.818. The summed E-state index contributed by atoms with van der Waals surface area (Å²) in [5.41, 5.74) is 3.22. The zero-order chi connectivity index (χ0) is 20.5. The molecule has 2 rings (SSSR count). The summed E-state index contributed by atoms with van der Waals surface area (Å²) in [4.78, 5) is 26.9. The summed E-state index contributed by atoms with van der Waals surface area (Å²) in [5, 5.41) is 3.50. The molecule has 6 heteroatoms. The highest BCUT2D eigenvalue weighted by Gasteiger charge is 2.25. The first-order chi connectivity index (χ1) is 13.4. The molecule has 0 heterocycles. The Hall–Kier alpha value is -1.98. The van der Waals surface area contributed by atoms with Gasteiger partial charge >= 0.3 is 0 Å². The number of aryl methyl sites for hydroxylation is 1. The molecule has 150 valence electrons. The van der Waals surface area contributed by atoms with Crippen LogP contribution in [0.2, 0.25) is 5.02 Å². The minimum atomic E-state index is -0.528. The van der Waals surface area contributed by atoms with Crippen LogP contribution in [0, 0.1) is 6.92 Å². The monoisotopic (exact) mass is 418 g/mol. The molecule has 2 aromatic rings. The molecule has 2 amide bonds. The van der Waals surface area contributed by atoms with E-state index in [9.17, 15) is 9.59 Å². The predicted molar refractivity (Wildman–Crippen MR) is 117 cm³/mol. The number of benzene rings is 2. The van der Waals surface area contributed by atoms with Crippen molar-refractivity contribution in [3.63, 3.8) is 0 Å². The molecule has 0 aliphatic rings. The van der Waals surface area contributed by atoms with Crippen molar-refractivity contribution in [2.45, 2.75) is 39.1 Å². The Morgan fingerprint density at radius 3 is 2.54 bits per heavy atom. The fourth-order valence-electron chi connectivity index (χ4n) is 2.88. The van der Waals surface area contributed by atoms with Gasteiger partial charge in [0.25, 0.3) is 0 Å². The Balaban J connectivity index is 2.05. The van der Waals surface area contributed by atoms with E-state index in [1.165, 1.54) is 11.8 Å². The van der Waals surface area contributed by atoms with Crippen LogP contribution in [0.4, 0.5) is 0 Å². The molecule has 2 aromatic carbocycles. The molecule has 0 bridgehead atoms. The van der Waals surface area contributed by atoms with Gasteiger partial charge in [-0.25, -0.2) is 0 Å². The topological polar surface area (TPSA) is 49.4 Å². The fourth-order valence-corrected chi connectivity index (χ4v) is 3.95. The van der Waals surface area contributed by atoms with Gasteiger partial charge in [-0.15, -0.1) is 11.8 Å². The van der Waals surface area contributed by atoms with Gasteiger partial charge in [-0.2, -0.15) is 0 Å². The Morgan fingerprint density at radius 2 is 1.86 bits per heavy atom. The average molecular weight is 419 g/mol. The maximum Gasteiger partial charge on any atom is 0.242 e. The molecule has 0 saturated carbocycles. The minimum Gasteiger partial charge on any atom is -0.355 e. The van der Waals surface area contributed by atoms with E-state index >= 15 is 0 Å². The van der Waals surface area contributed by atoms with Gasteiger partial charge in [0, 0.05) is 23.9 Å². The van der Waals surface area contributed by atoms with Crippen molar-refractivity contribution in [3.05, 3.63) is 70.2 Å². The van der Waals surface area contributed by atoms with Gasteiger partial charge in [-0.1, -0.05) is 53.6 Å². The Bertz CT molecular complexity index is 813. The maximum atomic E-state index is 12.9. The zero-order valence-corrected chi connectivity index (χ0v) is 18.1. The van der Waals surface area contributed by atoms with E-state index in [-0.39, 0.29) is 11.8 Å². The molecule has 0 unspecified atom stereocenters. The second kappa shape index (κ2) is 11.1. The molecule has 4 nitrogen and oxygen atoms in total. The smallest absolute Gasteiger partial charge is 0.242 e. The molecule has 0 aliphatic carbocycles. The Morgan fingerprint density at radius 1 is 1.14 bits per heavy atom. The first-order valence-electron chi connectivity index (χ1n) is 9.35. The fraction of sp³-hybridized carbons (Fsp3) is 0.364. The molecule has 0 aromatic heterocycles. The molecule has 0 spiro atoms. The standard InChI is InChI=1S/C22H27ClN2O2S/c1-4-24-22(27)17(3)25(13-18-8-5-7-16(2)11-18)21(26)15-28-14-19-9-6-10-20(23)12-19/h5-12,17H,4,13-15H2,1-3H3,(H,24,27)/t17-/m1/s1. The largest absolute Gasteiger partial charge is 0.355 e. The second-order valence-electron chi connectivity index (χ2n) is 6.70. The highest BCUT2D eigenvalue weighted by Crippen LogP contribution is 2.18. The number of carbonyl (C=O) groups is 2. The van der Waals surface area contributed by atoms with Gasteiger partial charge in [0.1, 0.15) is 6.04 Å². The van der Waals surface area contributed by atoms with Gasteiger partial charge in [0.2, 0.25) is 11.8 Å². The van der Waals surface area contributed by atoms with Crippen molar-refractivity contribution in [2.75, 3.05) is 12.3 Å². The highest BCUT2D eigenvalue weighted by atomic mass is 35.5. The van der Waals surface area contributed by atoms with Crippen LogP contribution in [-0.4, -0.2) is 35.1 Å². The molecule has 0 aliphatic heterocycles. The summed E-state index contributed by atoms with van der Waals surface area (Å²) in [6.07, 6.45) is 0. The van der Waals surface area contributed by atoms with Crippen molar-refractivity contribution < 1.29 is 9.59 Å². The molecule has 28 heavy (non-hydrogen) atoms. The summed E-state index contributed by atoms with van der Waals surface area (Å²) in [6, 6.07) is 15.1. The third-order valence-electron chi connectivity index (χ3n) is 4.34. The first-order valence-corrected chi connectivity index (χ1v) is 10.9. The quantitative estimate of drug-likeness (QED) is 0.655. The van der Waals surface area contributed by atoms with E-state index in [4.69, 9.17) is 11.6 Å². The van der Waals surface area contributed by atoms with Crippen molar-refractivity contribution >= 4 is 35.2 Å². The van der Waals surface area contributed by atoms with E-state index < -0.39 is 6.04 Å². The third-order valence-corrected chi connectivity index (χ3v) is 5.56. The van der Waals surface area contributed by atoms with Crippen LogP contribution in [0.1, 0.15) is 30.5 Å². The van der Waals surface area contributed by atoms with E-state index in [0.717, 1.165) is 16.7 Å². The van der Waals surface area contributed by atoms with Gasteiger partial charge in [0.05, 0.1) is 5.75 Å². The number of halogens is 1. The highest BCUT2D eigenvalue weighted by molar-refractivity contribution is 7.99. The number of carbonyl (C=O) groups excluding carboxylic acids is 2. The molecule has 0 saturated heterocycles. The number of amides is 2. The van der Waals surface area contributed by atoms with Crippen LogP contribution in [0.25, 0.3) is 0 Å². The summed E-state index contributed by atoms with van der Waals surface area (Å²) < 4.78 is 0. The van der Waals surface area contributed by atoms with E-state index in [2.05, 4.69) is 5.32 Å². The first kappa shape index (κ1) is 22.3. The molecular weight excluding hydrogens is 392 g/mol. The van der Waals surface area contributed by atoms with Crippen molar-refractivity contribution in [1.82, 2.24) is 10.2 Å². The maximum absolute atomic E-state index is 12.9. The van der Waals surface area contributed by atoms with Gasteiger partial charge in [0.15, 0.2) is 0 Å². The van der Waals surface area contributed by atoms with Crippen LogP contribution in [0.3, 0.4) is 0 Å². The Kier molecular flexibility index (Phi) is 8.87. The summed E-state index contributed by atoms with van der Waals surface area (Å²) >= 11 is 7.54. The molecular formula is C22H27ClN2O2S. The van der Waals surface area contributed by atoms with Crippen LogP contribution in [0.5, 0.6) is 0 Å². The van der Waals surface area contributed by atoms with Crippen LogP contribution in [0.15, 0.2) is 48.5 Å². The van der Waals surface area contributed by atoms with E-state index in [0.29, 0.717) is 29.6 Å². The number of nitrogens with zero attached hydrogens (tertiary/aromatic N) is 1. The molecule has 1 atom stereocenters. The van der Waals surface area contributed by atoms with Crippen LogP contribution < -0.4 is 5.32 Å². The van der Waals surface area contributed by atoms with E-state index in [1.807, 2.05) is 62.4 Å². The van der Waals surface area contributed by atoms with Crippen LogP contribution >= 0.6 is 23.4 Å². The van der Waals surface area contributed by atoms with Crippen molar-refractivity contribution in [2.24, 2.45) is 0 Å². The van der Waals surface area contributed by atoms with Gasteiger partial charge < -0.3 is 10.2 Å². The number of hydrogen-bond donors (Lipinski definition) is 1. The van der Waals surface area contributed by atoms with Gasteiger partial charge in [-0.05, 0) is 44.0 Å². The lowest BCUT2D eigenvalue weighted by molar-refractivity contribution is -0.138. The number of nitrogens with one attached hydrogen (secondary N) is 1. The number of thioether (sulfide) groups is 1. The molecule has 1 N–H and O–H groups in total.